The zero-order chi connectivity index (χ0) is 24.7. The first-order valence-corrected chi connectivity index (χ1v) is 10.2. The minimum atomic E-state index is -4.61. The van der Waals surface area contributed by atoms with E-state index in [9.17, 15) is 26.7 Å². The van der Waals surface area contributed by atoms with Crippen molar-refractivity contribution < 1.29 is 41.1 Å². The van der Waals surface area contributed by atoms with Crippen LogP contribution in [0.3, 0.4) is 0 Å². The Morgan fingerprint density at radius 3 is 2.29 bits per heavy atom. The van der Waals surface area contributed by atoms with E-state index in [0.29, 0.717) is 25.9 Å². The fourth-order valence-electron chi connectivity index (χ4n) is 2.99. The van der Waals surface area contributed by atoms with Crippen molar-refractivity contribution in [1.82, 2.24) is 15.1 Å². The summed E-state index contributed by atoms with van der Waals surface area (Å²) in [6.07, 6.45) is -3.94. The molecule has 13 heteroatoms. The number of hydrogen-bond donors (Lipinski definition) is 0. The maximum atomic E-state index is 13.6. The number of hydrogen-bond acceptors (Lipinski definition) is 7. The number of rotatable bonds is 8. The van der Waals surface area contributed by atoms with E-state index in [4.69, 9.17) is 9.47 Å². The van der Waals surface area contributed by atoms with Crippen LogP contribution in [0.5, 0.6) is 11.8 Å². The summed E-state index contributed by atoms with van der Waals surface area (Å²) in [5, 5.41) is 10.6. The lowest BCUT2D eigenvalue weighted by Gasteiger charge is -2.31. The molecule has 2 aromatic rings. The van der Waals surface area contributed by atoms with Crippen molar-refractivity contribution >= 4 is 11.6 Å². The molecule has 184 valence electrons. The molecule has 1 aliphatic heterocycles. The predicted molar refractivity (Wildman–Crippen MR) is 108 cm³/mol. The smallest absolute Gasteiger partial charge is 0.432 e. The van der Waals surface area contributed by atoms with E-state index in [1.165, 1.54) is 23.1 Å². The summed E-state index contributed by atoms with van der Waals surface area (Å²) >= 11 is 0. The van der Waals surface area contributed by atoms with Crippen LogP contribution in [0.4, 0.5) is 22.0 Å². The molecule has 3 rings (SSSR count). The summed E-state index contributed by atoms with van der Waals surface area (Å²) in [6.45, 7) is 0.431. The van der Waals surface area contributed by atoms with Crippen molar-refractivity contribution in [3.63, 3.8) is 0 Å². The SMILES string of the molecule is CC(=NOCC(=O)N1CCC(Oc2ccc(OCc3c(F)cccc3F)nn2)CC1)C(F)(F)F. The minimum absolute atomic E-state index is 0.0545. The Morgan fingerprint density at radius 1 is 1.09 bits per heavy atom. The summed E-state index contributed by atoms with van der Waals surface area (Å²) in [6, 6.07) is 6.44. The van der Waals surface area contributed by atoms with Crippen LogP contribution in [0.15, 0.2) is 35.5 Å². The number of ether oxygens (including phenoxy) is 2. The van der Waals surface area contributed by atoms with Crippen LogP contribution in [0.1, 0.15) is 25.3 Å². The summed E-state index contributed by atoms with van der Waals surface area (Å²) in [4.78, 5) is 18.0. The topological polar surface area (TPSA) is 86.1 Å². The lowest BCUT2D eigenvalue weighted by atomic mass is 10.1. The van der Waals surface area contributed by atoms with Gasteiger partial charge in [0, 0.05) is 38.1 Å². The number of oxime groups is 1. The lowest BCUT2D eigenvalue weighted by molar-refractivity contribution is -0.138. The highest BCUT2D eigenvalue weighted by atomic mass is 19.4. The van der Waals surface area contributed by atoms with Gasteiger partial charge in [-0.15, -0.1) is 10.2 Å². The molecule has 1 aromatic heterocycles. The van der Waals surface area contributed by atoms with Gasteiger partial charge in [-0.2, -0.15) is 13.2 Å². The Morgan fingerprint density at radius 2 is 1.71 bits per heavy atom. The van der Waals surface area contributed by atoms with Crippen LogP contribution in [-0.2, 0) is 16.2 Å². The second-order valence-electron chi connectivity index (χ2n) is 7.34. The number of piperidine rings is 1. The van der Waals surface area contributed by atoms with Crippen LogP contribution in [0, 0.1) is 11.6 Å². The van der Waals surface area contributed by atoms with Gasteiger partial charge in [0.05, 0.1) is 5.56 Å². The zero-order valence-electron chi connectivity index (χ0n) is 18.0. The molecule has 1 aromatic carbocycles. The maximum absolute atomic E-state index is 13.6. The molecule has 0 bridgehead atoms. The number of halogens is 5. The molecule has 1 fully saturated rings. The molecule has 0 saturated carbocycles. The van der Waals surface area contributed by atoms with Crippen molar-refractivity contribution in [3.05, 3.63) is 47.5 Å². The molecular weight excluding hydrogens is 467 g/mol. The van der Waals surface area contributed by atoms with E-state index in [2.05, 4.69) is 20.2 Å². The molecule has 0 atom stereocenters. The van der Waals surface area contributed by atoms with Gasteiger partial charge >= 0.3 is 6.18 Å². The number of likely N-dealkylation sites (tertiary alicyclic amines) is 1. The first-order valence-electron chi connectivity index (χ1n) is 10.2. The Hall–Kier alpha value is -3.51. The van der Waals surface area contributed by atoms with Crippen LogP contribution in [0.25, 0.3) is 0 Å². The third-order valence-corrected chi connectivity index (χ3v) is 4.92. The quantitative estimate of drug-likeness (QED) is 0.320. The molecule has 0 unspecified atom stereocenters. The van der Waals surface area contributed by atoms with Crippen LogP contribution in [0.2, 0.25) is 0 Å². The summed E-state index contributed by atoms with van der Waals surface area (Å²) in [7, 11) is 0. The van der Waals surface area contributed by atoms with Gasteiger partial charge in [-0.05, 0) is 19.1 Å². The molecule has 0 aliphatic carbocycles. The molecule has 1 saturated heterocycles. The number of carbonyl (C=O) groups is 1. The molecular formula is C21H21F5N4O4. The van der Waals surface area contributed by atoms with Crippen molar-refractivity contribution in [3.8, 4) is 11.8 Å². The van der Waals surface area contributed by atoms with Gasteiger partial charge in [0.2, 0.25) is 11.8 Å². The second kappa shape index (κ2) is 11.1. The van der Waals surface area contributed by atoms with Gasteiger partial charge in [-0.1, -0.05) is 11.2 Å². The fourth-order valence-corrected chi connectivity index (χ4v) is 2.99. The Balaban J connectivity index is 1.41. The van der Waals surface area contributed by atoms with Gasteiger partial charge in [-0.25, -0.2) is 8.78 Å². The van der Waals surface area contributed by atoms with Gasteiger partial charge in [0.1, 0.15) is 24.3 Å². The lowest BCUT2D eigenvalue weighted by Crippen LogP contribution is -2.43. The molecule has 0 spiro atoms. The molecule has 2 heterocycles. The predicted octanol–water partition coefficient (Wildman–Crippen LogP) is 3.66. The van der Waals surface area contributed by atoms with Crippen molar-refractivity contribution in [2.45, 2.75) is 38.7 Å². The highest BCUT2D eigenvalue weighted by Crippen LogP contribution is 2.20. The first kappa shape index (κ1) is 25.1. The summed E-state index contributed by atoms with van der Waals surface area (Å²) < 4.78 is 75.3. The minimum Gasteiger partial charge on any atom is -0.473 e. The van der Waals surface area contributed by atoms with E-state index < -0.39 is 36.0 Å². The third kappa shape index (κ3) is 6.99. The van der Waals surface area contributed by atoms with E-state index >= 15 is 0 Å². The first-order chi connectivity index (χ1) is 16.1. The second-order valence-corrected chi connectivity index (χ2v) is 7.34. The molecule has 0 N–H and O–H groups in total. The number of benzene rings is 1. The Kier molecular flexibility index (Phi) is 8.18. The van der Waals surface area contributed by atoms with Crippen LogP contribution < -0.4 is 9.47 Å². The maximum Gasteiger partial charge on any atom is 0.432 e. The molecule has 1 aliphatic rings. The summed E-state index contributed by atoms with van der Waals surface area (Å²) in [5.41, 5.74) is -1.40. The van der Waals surface area contributed by atoms with E-state index in [0.717, 1.165) is 19.1 Å². The van der Waals surface area contributed by atoms with E-state index in [1.54, 1.807) is 0 Å². The highest BCUT2D eigenvalue weighted by molar-refractivity contribution is 5.86. The van der Waals surface area contributed by atoms with Gasteiger partial charge in [-0.3, -0.25) is 4.79 Å². The number of aromatic nitrogens is 2. The van der Waals surface area contributed by atoms with Gasteiger partial charge in [0.15, 0.2) is 12.3 Å². The zero-order valence-corrected chi connectivity index (χ0v) is 18.0. The van der Waals surface area contributed by atoms with Crippen LogP contribution >= 0.6 is 0 Å². The standard InChI is InChI=1S/C21H21F5N4O4/c1-13(21(24,25)26)29-33-12-20(31)30-9-7-14(8-10-30)34-19-6-5-18(27-28-19)32-11-15-16(22)3-2-4-17(15)23/h2-6,14H,7-12H2,1H3. The van der Waals surface area contributed by atoms with E-state index in [-0.39, 0.29) is 30.0 Å². The fraction of sp³-hybridized carbons (Fsp3) is 0.429. The molecule has 34 heavy (non-hydrogen) atoms. The Bertz CT molecular complexity index is 989. The van der Waals surface area contributed by atoms with Crippen molar-refractivity contribution in [1.29, 1.82) is 0 Å². The van der Waals surface area contributed by atoms with Crippen molar-refractivity contribution in [2.75, 3.05) is 19.7 Å². The van der Waals surface area contributed by atoms with Crippen LogP contribution in [-0.4, -0.2) is 58.7 Å². The third-order valence-electron chi connectivity index (χ3n) is 4.92. The van der Waals surface area contributed by atoms with Gasteiger partial charge in [0.25, 0.3) is 5.91 Å². The largest absolute Gasteiger partial charge is 0.473 e. The Labute approximate surface area is 191 Å². The average Bonchev–Trinajstić information content (AvgIpc) is 2.79. The molecule has 1 amide bonds. The molecule has 8 nitrogen and oxygen atoms in total. The number of carbonyl (C=O) groups excluding carboxylic acids is 1. The van der Waals surface area contributed by atoms with E-state index in [1.807, 2.05) is 0 Å². The van der Waals surface area contributed by atoms with Gasteiger partial charge < -0.3 is 19.2 Å². The molecule has 0 radical (unpaired) electrons. The normalized spacial score (nSPS) is 15.2. The van der Waals surface area contributed by atoms with Crippen molar-refractivity contribution in [2.24, 2.45) is 5.16 Å². The number of alkyl halides is 3. The average molecular weight is 488 g/mol. The monoisotopic (exact) mass is 488 g/mol. The summed E-state index contributed by atoms with van der Waals surface area (Å²) in [5.74, 6) is -1.68. The number of amides is 1. The number of nitrogens with zero attached hydrogens (tertiary/aromatic N) is 4. The highest BCUT2D eigenvalue weighted by Gasteiger charge is 2.33.